The van der Waals surface area contributed by atoms with Gasteiger partial charge in [0, 0.05) is 20.8 Å². The van der Waals surface area contributed by atoms with Gasteiger partial charge in [-0.15, -0.1) is 64.8 Å². The molecule has 0 aliphatic heterocycles. The molecule has 0 atom stereocenters. The van der Waals surface area contributed by atoms with E-state index in [-0.39, 0.29) is 26.5 Å². The van der Waals surface area contributed by atoms with Gasteiger partial charge >= 0.3 is 21.1 Å². The molecule has 0 amide bonds. The first-order chi connectivity index (χ1) is 27.5. The van der Waals surface area contributed by atoms with E-state index in [2.05, 4.69) is 170 Å². The zero-order valence-corrected chi connectivity index (χ0v) is 37.4. The van der Waals surface area contributed by atoms with Crippen molar-refractivity contribution in [1.29, 1.82) is 0 Å². The minimum atomic E-state index is -0.677. The van der Waals surface area contributed by atoms with Crippen LogP contribution in [0, 0.1) is 26.0 Å². The third kappa shape index (κ3) is 6.13. The summed E-state index contributed by atoms with van der Waals surface area (Å²) in [5.74, 6) is 0.735. The molecule has 58 heavy (non-hydrogen) atoms. The number of benzene rings is 6. The molecular weight excluding hydrogens is 926 g/mol. The fourth-order valence-corrected chi connectivity index (χ4v) is 11.0. The van der Waals surface area contributed by atoms with Crippen LogP contribution in [0.25, 0.3) is 86.3 Å². The molecule has 0 aliphatic carbocycles. The maximum absolute atomic E-state index is 5.75. The molecule has 0 unspecified atom stereocenters. The number of hydrogen-bond donors (Lipinski definition) is 0. The van der Waals surface area contributed by atoms with Crippen LogP contribution in [0.5, 0.6) is 0 Å². The molecule has 4 aromatic heterocycles. The smallest absolute Gasteiger partial charge is 0.289 e. The Bertz CT molecular complexity index is 3210. The number of rotatable bonds is 5. The molecule has 0 spiro atoms. The molecule has 6 aromatic carbocycles. The summed E-state index contributed by atoms with van der Waals surface area (Å²) >= 11 is 3.71. The van der Waals surface area contributed by atoms with E-state index in [1.807, 2.05) is 34.8 Å². The van der Waals surface area contributed by atoms with Crippen molar-refractivity contribution in [1.82, 2.24) is 15.0 Å². The summed E-state index contributed by atoms with van der Waals surface area (Å²) < 4.78 is 2.39. The van der Waals surface area contributed by atoms with Gasteiger partial charge < -0.3 is 0 Å². The van der Waals surface area contributed by atoms with Gasteiger partial charge in [0.2, 0.25) is 0 Å². The van der Waals surface area contributed by atoms with Gasteiger partial charge in [0.05, 0.1) is 21.3 Å². The molecular formula is C52H41N3PtS2. The Hall–Kier alpha value is -5.06. The summed E-state index contributed by atoms with van der Waals surface area (Å²) in [4.78, 5) is 19.3. The second kappa shape index (κ2) is 14.3. The summed E-state index contributed by atoms with van der Waals surface area (Å²) in [6, 6.07) is 50.2. The van der Waals surface area contributed by atoms with Crippen LogP contribution in [-0.4, -0.2) is 15.0 Å². The van der Waals surface area contributed by atoms with Crippen LogP contribution in [0.15, 0.2) is 121 Å². The van der Waals surface area contributed by atoms with Gasteiger partial charge in [-0.3, -0.25) is 9.97 Å². The van der Waals surface area contributed by atoms with E-state index in [0.717, 1.165) is 61.1 Å². The Morgan fingerprint density at radius 2 is 1.36 bits per heavy atom. The second-order valence-corrected chi connectivity index (χ2v) is 18.9. The van der Waals surface area contributed by atoms with E-state index in [4.69, 9.17) is 15.0 Å². The van der Waals surface area contributed by atoms with Gasteiger partial charge in [0.15, 0.2) is 0 Å². The van der Waals surface area contributed by atoms with Gasteiger partial charge in [-0.1, -0.05) is 128 Å². The average molecular weight is 967 g/mol. The van der Waals surface area contributed by atoms with Crippen molar-refractivity contribution < 1.29 is 21.1 Å². The van der Waals surface area contributed by atoms with Gasteiger partial charge in [-0.25, -0.2) is 4.98 Å². The van der Waals surface area contributed by atoms with Gasteiger partial charge in [0.1, 0.15) is 5.82 Å². The molecule has 0 radical (unpaired) electrons. The summed E-state index contributed by atoms with van der Waals surface area (Å²) in [7, 11) is 0. The largest absolute Gasteiger partial charge is 2.00 e. The fraction of sp³-hybridized carbons (Fsp3) is 0.173. The van der Waals surface area contributed by atoms with E-state index in [9.17, 15) is 0 Å². The minimum Gasteiger partial charge on any atom is -0.289 e. The molecule has 10 aromatic rings. The van der Waals surface area contributed by atoms with Crippen LogP contribution in [0.1, 0.15) is 61.5 Å². The normalized spacial score (nSPS) is 12.3. The van der Waals surface area contributed by atoms with E-state index in [1.165, 1.54) is 52.0 Å². The molecule has 0 saturated carbocycles. The molecule has 0 N–H and O–H groups in total. The first-order valence-corrected chi connectivity index (χ1v) is 21.2. The Balaban J connectivity index is 0.00000436. The molecule has 286 valence electrons. The van der Waals surface area contributed by atoms with Gasteiger partial charge in [0.25, 0.3) is 0 Å². The van der Waals surface area contributed by atoms with Crippen LogP contribution < -0.4 is 0 Å². The Morgan fingerprint density at radius 3 is 2.12 bits per heavy atom. The number of hydrogen-bond acceptors (Lipinski definition) is 5. The predicted molar refractivity (Wildman–Crippen MR) is 244 cm³/mol. The molecule has 3 nitrogen and oxygen atoms in total. The fourth-order valence-electron chi connectivity index (χ4n) is 8.34. The Labute approximate surface area is 362 Å². The molecule has 6 heteroatoms. The average Bonchev–Trinajstić information content (AvgIpc) is 3.78. The van der Waals surface area contributed by atoms with Gasteiger partial charge in [-0.05, 0) is 76.4 Å². The summed E-state index contributed by atoms with van der Waals surface area (Å²) in [5.41, 5.74) is 8.77. The van der Waals surface area contributed by atoms with Crippen molar-refractivity contribution in [2.24, 2.45) is 0 Å². The number of thiophene rings is 2. The molecule has 0 bridgehead atoms. The zero-order valence-electron chi connectivity index (χ0n) is 33.5. The number of aryl methyl sites for hydroxylation is 2. The van der Waals surface area contributed by atoms with E-state index in [1.54, 1.807) is 0 Å². The zero-order chi connectivity index (χ0) is 39.2. The summed E-state index contributed by atoms with van der Waals surface area (Å²) in [6.07, 6.45) is 0. The molecule has 10 rings (SSSR count). The van der Waals surface area contributed by atoms with Crippen LogP contribution in [0.2, 0.25) is 0 Å². The maximum Gasteiger partial charge on any atom is 2.00 e. The second-order valence-electron chi connectivity index (χ2n) is 16.7. The van der Waals surface area contributed by atoms with Crippen molar-refractivity contribution in [2.75, 3.05) is 0 Å². The van der Waals surface area contributed by atoms with Crippen LogP contribution in [0.3, 0.4) is 0 Å². The van der Waals surface area contributed by atoms with Gasteiger partial charge in [-0.2, -0.15) is 11.3 Å². The van der Waals surface area contributed by atoms with Crippen molar-refractivity contribution in [3.8, 4) is 33.6 Å². The number of aromatic nitrogens is 3. The van der Waals surface area contributed by atoms with Crippen LogP contribution >= 0.6 is 22.7 Å². The SMILES string of the molecule is Cc1sc2c(C(C)(C)c3nc(-c4[c-]cccc4)c4ccc5ccccc5c4n3)nc(-c3[c-]c4ccccc4c4c(-c5ccccc5)c(C(C)(C)C)sc34)cc2c1C.[Pt+2]. The molecule has 0 saturated heterocycles. The first-order valence-electron chi connectivity index (χ1n) is 19.5. The topological polar surface area (TPSA) is 38.7 Å². The minimum absolute atomic E-state index is 0. The first kappa shape index (κ1) is 38.5. The number of fused-ring (bicyclic) bond motifs is 7. The van der Waals surface area contributed by atoms with Crippen molar-refractivity contribution >= 4 is 75.3 Å². The maximum atomic E-state index is 5.75. The van der Waals surface area contributed by atoms with Crippen LogP contribution in [0.4, 0.5) is 0 Å². The standard InChI is InChI=1S/C52H41N3S2.Pt/c1-30-31(2)56-47-39(30)29-41(40-28-35-23-15-16-24-36(35)43-42(33-19-10-8-11-20-33)49(51(3,4)5)57-46(40)43)53-48(47)52(6,7)50-54-44(34-21-12-9-13-22-34)38-27-26-32-18-14-17-25-37(32)45(38)55-50;/h8-21,23-27,29H,1-7H3;/q-2;+2. The Kier molecular flexibility index (Phi) is 9.51. The van der Waals surface area contributed by atoms with Crippen molar-refractivity contribution in [3.05, 3.63) is 160 Å². The predicted octanol–water partition coefficient (Wildman–Crippen LogP) is 14.6. The number of nitrogens with zero attached hydrogens (tertiary/aromatic N) is 3. The van der Waals surface area contributed by atoms with Crippen molar-refractivity contribution in [2.45, 2.75) is 59.3 Å². The summed E-state index contributed by atoms with van der Waals surface area (Å²) in [5, 5.41) is 8.07. The van der Waals surface area contributed by atoms with E-state index < -0.39 is 5.41 Å². The third-order valence-electron chi connectivity index (χ3n) is 11.5. The number of pyridine rings is 1. The third-order valence-corrected chi connectivity index (χ3v) is 14.3. The van der Waals surface area contributed by atoms with Crippen LogP contribution in [-0.2, 0) is 31.9 Å². The van der Waals surface area contributed by atoms with E-state index in [0.29, 0.717) is 0 Å². The Morgan fingerprint density at radius 1 is 0.638 bits per heavy atom. The molecule has 0 fully saturated rings. The molecule has 4 heterocycles. The summed E-state index contributed by atoms with van der Waals surface area (Å²) in [6.45, 7) is 15.9. The van der Waals surface area contributed by atoms with Crippen molar-refractivity contribution in [3.63, 3.8) is 0 Å². The monoisotopic (exact) mass is 966 g/mol. The van der Waals surface area contributed by atoms with E-state index >= 15 is 0 Å². The quantitative estimate of drug-likeness (QED) is 0.127. The molecule has 0 aliphatic rings.